The van der Waals surface area contributed by atoms with Crippen LogP contribution >= 0.6 is 11.6 Å². The molecule has 0 spiro atoms. The fourth-order valence-corrected chi connectivity index (χ4v) is 1.69. The summed E-state index contributed by atoms with van der Waals surface area (Å²) in [4.78, 5) is 23.0. The number of carbonyl (C=O) groups is 2. The van der Waals surface area contributed by atoms with Crippen molar-refractivity contribution in [2.75, 3.05) is 0 Å². The zero-order chi connectivity index (χ0) is 14.6. The third-order valence-electron chi connectivity index (χ3n) is 2.69. The first kappa shape index (κ1) is 15.2. The minimum absolute atomic E-state index is 0.0356. The van der Waals surface area contributed by atoms with Gasteiger partial charge in [0.2, 0.25) is 0 Å². The topological polar surface area (TPSA) is 84.2 Å². The lowest BCUT2D eigenvalue weighted by Crippen LogP contribution is -2.40. The Morgan fingerprint density at radius 2 is 2.21 bits per heavy atom. The number of nitrogens with one attached hydrogen (secondary N) is 1. The maximum Gasteiger partial charge on any atom is 0.326 e. The van der Waals surface area contributed by atoms with Crippen LogP contribution < -0.4 is 5.32 Å². The molecule has 1 rings (SSSR count). The first-order chi connectivity index (χ1) is 8.88. The smallest absolute Gasteiger partial charge is 0.326 e. The zero-order valence-electron chi connectivity index (χ0n) is 11.0. The fraction of sp³-hybridized carbons (Fsp3) is 0.417. The van der Waals surface area contributed by atoms with Crippen molar-refractivity contribution in [3.05, 3.63) is 28.6 Å². The summed E-state index contributed by atoms with van der Waals surface area (Å²) in [6.07, 6.45) is 3.60. The molecule has 2 N–H and O–H groups in total. The molecule has 1 aromatic rings. The van der Waals surface area contributed by atoms with E-state index in [9.17, 15) is 9.59 Å². The van der Waals surface area contributed by atoms with Crippen LogP contribution in [0.15, 0.2) is 12.2 Å². The van der Waals surface area contributed by atoms with Gasteiger partial charge in [0, 0.05) is 7.05 Å². The Hall–Kier alpha value is -1.82. The molecule has 0 bridgehead atoms. The van der Waals surface area contributed by atoms with Gasteiger partial charge in [0.05, 0.1) is 10.7 Å². The Morgan fingerprint density at radius 3 is 2.63 bits per heavy atom. The molecule has 0 aliphatic heterocycles. The summed E-state index contributed by atoms with van der Waals surface area (Å²) in [7, 11) is 1.66. The lowest BCUT2D eigenvalue weighted by atomic mass is 10.2. The average Bonchev–Trinajstić information content (AvgIpc) is 2.61. The maximum atomic E-state index is 12.0. The molecule has 1 heterocycles. The number of aryl methyl sites for hydroxylation is 1. The molecule has 0 aliphatic carbocycles. The highest BCUT2D eigenvalue weighted by atomic mass is 35.5. The van der Waals surface area contributed by atoms with Crippen molar-refractivity contribution in [2.45, 2.75) is 26.3 Å². The van der Waals surface area contributed by atoms with Gasteiger partial charge in [-0.05, 0) is 20.3 Å². The monoisotopic (exact) mass is 285 g/mol. The van der Waals surface area contributed by atoms with E-state index in [4.69, 9.17) is 16.7 Å². The average molecular weight is 286 g/mol. The third kappa shape index (κ3) is 3.57. The maximum absolute atomic E-state index is 12.0. The standard InChI is InChI=1S/C12H16ClN3O3/c1-4-5-6-8(12(18)19)14-11(17)10-9(13)7(2)16(3)15-10/h4-5,8H,6H2,1-3H3,(H,14,17)(H,18,19)/b5-4+. The van der Waals surface area contributed by atoms with Crippen LogP contribution in [0, 0.1) is 6.92 Å². The van der Waals surface area contributed by atoms with Crippen molar-refractivity contribution < 1.29 is 14.7 Å². The van der Waals surface area contributed by atoms with Gasteiger partial charge in [-0.25, -0.2) is 4.79 Å². The molecule has 1 unspecified atom stereocenters. The van der Waals surface area contributed by atoms with Gasteiger partial charge in [-0.2, -0.15) is 5.10 Å². The second-order valence-corrected chi connectivity index (χ2v) is 4.42. The molecule has 0 radical (unpaired) electrons. The van der Waals surface area contributed by atoms with Crippen molar-refractivity contribution >= 4 is 23.5 Å². The molecule has 0 fully saturated rings. The van der Waals surface area contributed by atoms with Crippen molar-refractivity contribution in [2.24, 2.45) is 7.05 Å². The van der Waals surface area contributed by atoms with E-state index in [2.05, 4.69) is 10.4 Å². The Kier molecular flexibility index (Phi) is 5.11. The quantitative estimate of drug-likeness (QED) is 0.804. The molecule has 6 nitrogen and oxygen atoms in total. The van der Waals surface area contributed by atoms with Crippen molar-refractivity contribution in [1.82, 2.24) is 15.1 Å². The molecule has 0 saturated carbocycles. The molecule has 0 aromatic carbocycles. The summed E-state index contributed by atoms with van der Waals surface area (Å²) < 4.78 is 1.47. The number of hydrogen-bond acceptors (Lipinski definition) is 3. The van der Waals surface area contributed by atoms with Crippen LogP contribution in [-0.2, 0) is 11.8 Å². The Morgan fingerprint density at radius 1 is 1.58 bits per heavy atom. The van der Waals surface area contributed by atoms with Gasteiger partial charge in [-0.1, -0.05) is 23.8 Å². The van der Waals surface area contributed by atoms with Crippen LogP contribution in [0.4, 0.5) is 0 Å². The van der Waals surface area contributed by atoms with Crippen LogP contribution in [-0.4, -0.2) is 32.8 Å². The number of nitrogens with zero attached hydrogens (tertiary/aromatic N) is 2. The number of allylic oxidation sites excluding steroid dienone is 1. The molecule has 19 heavy (non-hydrogen) atoms. The van der Waals surface area contributed by atoms with E-state index in [0.29, 0.717) is 5.69 Å². The summed E-state index contributed by atoms with van der Waals surface area (Å²) in [5, 5.41) is 15.6. The van der Waals surface area contributed by atoms with Crippen LogP contribution in [0.5, 0.6) is 0 Å². The molecule has 0 aliphatic rings. The number of aromatic nitrogens is 2. The highest BCUT2D eigenvalue weighted by Crippen LogP contribution is 2.19. The predicted octanol–water partition coefficient (Wildman–Crippen LogP) is 1.53. The van der Waals surface area contributed by atoms with E-state index < -0.39 is 17.9 Å². The Labute approximate surface area is 116 Å². The number of carboxylic acids is 1. The summed E-state index contributed by atoms with van der Waals surface area (Å²) in [6, 6.07) is -0.998. The molecular formula is C12H16ClN3O3. The van der Waals surface area contributed by atoms with Gasteiger partial charge < -0.3 is 10.4 Å². The van der Waals surface area contributed by atoms with Crippen LogP contribution in [0.25, 0.3) is 0 Å². The minimum atomic E-state index is -1.10. The van der Waals surface area contributed by atoms with E-state index in [1.165, 1.54) is 4.68 Å². The van der Waals surface area contributed by atoms with Gasteiger partial charge in [0.15, 0.2) is 5.69 Å². The second-order valence-electron chi connectivity index (χ2n) is 4.04. The van der Waals surface area contributed by atoms with Gasteiger partial charge in [-0.3, -0.25) is 9.48 Å². The summed E-state index contributed by atoms with van der Waals surface area (Å²) in [5.41, 5.74) is 0.681. The number of amides is 1. The Bertz CT molecular complexity index is 523. The minimum Gasteiger partial charge on any atom is -0.480 e. The molecule has 0 saturated heterocycles. The van der Waals surface area contributed by atoms with Crippen LogP contribution in [0.1, 0.15) is 29.5 Å². The number of carboxylic acid groups (broad SMARTS) is 1. The van der Waals surface area contributed by atoms with E-state index >= 15 is 0 Å². The molecule has 1 atom stereocenters. The largest absolute Gasteiger partial charge is 0.480 e. The Balaban J connectivity index is 2.87. The number of aliphatic carboxylic acids is 1. The number of hydrogen-bond donors (Lipinski definition) is 2. The molecule has 1 amide bonds. The molecule has 1 aromatic heterocycles. The van der Waals surface area contributed by atoms with Gasteiger partial charge >= 0.3 is 5.97 Å². The highest BCUT2D eigenvalue weighted by molar-refractivity contribution is 6.34. The van der Waals surface area contributed by atoms with Crippen LogP contribution in [0.3, 0.4) is 0 Å². The highest BCUT2D eigenvalue weighted by Gasteiger charge is 2.23. The molecule has 7 heteroatoms. The zero-order valence-corrected chi connectivity index (χ0v) is 11.7. The van der Waals surface area contributed by atoms with Crippen molar-refractivity contribution in [3.63, 3.8) is 0 Å². The molecule has 104 valence electrons. The van der Waals surface area contributed by atoms with Crippen molar-refractivity contribution in [3.8, 4) is 0 Å². The first-order valence-electron chi connectivity index (χ1n) is 5.72. The third-order valence-corrected chi connectivity index (χ3v) is 3.14. The van der Waals surface area contributed by atoms with E-state index in [1.807, 2.05) is 0 Å². The SMILES string of the molecule is C/C=C/CC(NC(=O)c1nn(C)c(C)c1Cl)C(=O)O. The predicted molar refractivity (Wildman–Crippen MR) is 71.3 cm³/mol. The van der Waals surface area contributed by atoms with Gasteiger partial charge in [0.1, 0.15) is 6.04 Å². The lowest BCUT2D eigenvalue weighted by Gasteiger charge is -2.11. The first-order valence-corrected chi connectivity index (χ1v) is 6.10. The summed E-state index contributed by atoms with van der Waals surface area (Å²) in [6.45, 7) is 3.50. The number of halogens is 1. The fourth-order valence-electron chi connectivity index (χ4n) is 1.45. The van der Waals surface area contributed by atoms with Crippen LogP contribution in [0.2, 0.25) is 5.02 Å². The van der Waals surface area contributed by atoms with E-state index in [0.717, 1.165) is 0 Å². The van der Waals surface area contributed by atoms with E-state index in [-0.39, 0.29) is 17.1 Å². The van der Waals surface area contributed by atoms with Gasteiger partial charge in [0.25, 0.3) is 5.91 Å². The number of rotatable bonds is 5. The normalized spacial score (nSPS) is 12.6. The van der Waals surface area contributed by atoms with E-state index in [1.54, 1.807) is 33.0 Å². The number of carbonyl (C=O) groups excluding carboxylic acids is 1. The second kappa shape index (κ2) is 6.38. The van der Waals surface area contributed by atoms with Crippen molar-refractivity contribution in [1.29, 1.82) is 0 Å². The van der Waals surface area contributed by atoms with Gasteiger partial charge in [-0.15, -0.1) is 0 Å². The summed E-state index contributed by atoms with van der Waals surface area (Å²) in [5.74, 6) is -1.69. The summed E-state index contributed by atoms with van der Waals surface area (Å²) >= 11 is 5.97. The lowest BCUT2D eigenvalue weighted by molar-refractivity contribution is -0.139. The molecular weight excluding hydrogens is 270 g/mol.